The van der Waals surface area contributed by atoms with Gasteiger partial charge in [0.2, 0.25) is 5.91 Å². The van der Waals surface area contributed by atoms with E-state index < -0.39 is 26.4 Å². The second-order valence-electron chi connectivity index (χ2n) is 7.82. The SMILES string of the molecule is NC(=O)C1(S(=O)(=O)c2ccc(OCCNC(=O)c3nc(-c4ccncc4)co3)cc2)CCOCC1. The Balaban J connectivity index is 1.31. The Kier molecular flexibility index (Phi) is 7.12. The lowest BCUT2D eigenvalue weighted by atomic mass is 9.98. The van der Waals surface area contributed by atoms with Crippen molar-refractivity contribution in [1.82, 2.24) is 15.3 Å². The van der Waals surface area contributed by atoms with E-state index in [9.17, 15) is 18.0 Å². The number of ether oxygens (including phenoxy) is 2. The van der Waals surface area contributed by atoms with E-state index in [0.717, 1.165) is 5.56 Å². The molecule has 0 unspecified atom stereocenters. The predicted octanol–water partition coefficient (Wildman–Crippen LogP) is 1.35. The van der Waals surface area contributed by atoms with Gasteiger partial charge >= 0.3 is 5.91 Å². The van der Waals surface area contributed by atoms with Gasteiger partial charge in [-0.2, -0.15) is 0 Å². The zero-order chi connectivity index (χ0) is 24.9. The molecule has 1 saturated heterocycles. The van der Waals surface area contributed by atoms with Crippen LogP contribution < -0.4 is 15.8 Å². The maximum atomic E-state index is 13.2. The number of pyridine rings is 1. The van der Waals surface area contributed by atoms with E-state index in [-0.39, 0.29) is 50.0 Å². The normalized spacial score (nSPS) is 15.3. The van der Waals surface area contributed by atoms with Crippen LogP contribution in [0.3, 0.4) is 0 Å². The third-order valence-electron chi connectivity index (χ3n) is 5.73. The Labute approximate surface area is 201 Å². The van der Waals surface area contributed by atoms with Crippen LogP contribution in [0.5, 0.6) is 5.75 Å². The van der Waals surface area contributed by atoms with Crippen LogP contribution in [-0.2, 0) is 19.4 Å². The standard InChI is InChI=1S/C23H24N4O7S/c24-22(29)23(7-12-32-13-8-23)35(30,31)18-3-1-17(2-4-18)33-14-11-26-20(28)21-27-19(15-34-21)16-5-9-25-10-6-16/h1-6,9-10,15H,7-8,11-14H2,(H2,24,29)(H,26,28). The molecule has 35 heavy (non-hydrogen) atoms. The smallest absolute Gasteiger partial charge is 0.307 e. The first-order valence-electron chi connectivity index (χ1n) is 10.8. The summed E-state index contributed by atoms with van der Waals surface area (Å²) in [6, 6.07) is 9.21. The van der Waals surface area contributed by atoms with Crippen LogP contribution in [-0.4, -0.2) is 61.3 Å². The summed E-state index contributed by atoms with van der Waals surface area (Å²) in [5, 5.41) is 2.64. The molecule has 0 spiro atoms. The fraction of sp³-hybridized carbons (Fsp3) is 0.304. The Morgan fingerprint density at radius 2 is 1.77 bits per heavy atom. The predicted molar refractivity (Wildman–Crippen MR) is 123 cm³/mol. The number of nitrogens with zero attached hydrogens (tertiary/aromatic N) is 2. The largest absolute Gasteiger partial charge is 0.492 e. The molecule has 3 N–H and O–H groups in total. The molecule has 0 saturated carbocycles. The van der Waals surface area contributed by atoms with Crippen molar-refractivity contribution in [1.29, 1.82) is 0 Å². The van der Waals surface area contributed by atoms with E-state index in [4.69, 9.17) is 19.6 Å². The molecule has 1 fully saturated rings. The molecule has 0 bridgehead atoms. The lowest BCUT2D eigenvalue weighted by molar-refractivity contribution is -0.122. The van der Waals surface area contributed by atoms with Crippen molar-refractivity contribution in [2.45, 2.75) is 22.5 Å². The van der Waals surface area contributed by atoms with E-state index in [2.05, 4.69) is 15.3 Å². The number of benzene rings is 1. The van der Waals surface area contributed by atoms with Crippen LogP contribution in [0, 0.1) is 0 Å². The van der Waals surface area contributed by atoms with E-state index in [1.807, 2.05) is 0 Å². The van der Waals surface area contributed by atoms with Crippen LogP contribution in [0.2, 0.25) is 0 Å². The van der Waals surface area contributed by atoms with Crippen LogP contribution in [0.4, 0.5) is 0 Å². The zero-order valence-electron chi connectivity index (χ0n) is 18.7. The second kappa shape index (κ2) is 10.2. The van der Waals surface area contributed by atoms with E-state index in [1.165, 1.54) is 30.5 Å². The number of hydrogen-bond acceptors (Lipinski definition) is 9. The van der Waals surface area contributed by atoms with Crippen molar-refractivity contribution in [3.63, 3.8) is 0 Å². The van der Waals surface area contributed by atoms with Crippen molar-refractivity contribution < 1.29 is 31.9 Å². The zero-order valence-corrected chi connectivity index (χ0v) is 19.5. The Morgan fingerprint density at radius 1 is 1.09 bits per heavy atom. The summed E-state index contributed by atoms with van der Waals surface area (Å²) in [7, 11) is -4.01. The fourth-order valence-electron chi connectivity index (χ4n) is 3.73. The van der Waals surface area contributed by atoms with Gasteiger partial charge in [-0.1, -0.05) is 0 Å². The maximum absolute atomic E-state index is 13.2. The third kappa shape index (κ3) is 5.03. The highest BCUT2D eigenvalue weighted by Gasteiger charge is 2.51. The highest BCUT2D eigenvalue weighted by Crippen LogP contribution is 2.35. The van der Waals surface area contributed by atoms with Gasteiger partial charge in [0, 0.05) is 31.2 Å². The van der Waals surface area contributed by atoms with E-state index >= 15 is 0 Å². The van der Waals surface area contributed by atoms with Crippen molar-refractivity contribution in [2.75, 3.05) is 26.4 Å². The minimum Gasteiger partial charge on any atom is -0.492 e. The van der Waals surface area contributed by atoms with Gasteiger partial charge in [-0.25, -0.2) is 13.4 Å². The van der Waals surface area contributed by atoms with Gasteiger partial charge in [0.1, 0.15) is 24.3 Å². The molecule has 0 atom stereocenters. The summed E-state index contributed by atoms with van der Waals surface area (Å²) in [6.07, 6.45) is 4.64. The van der Waals surface area contributed by atoms with Crippen molar-refractivity contribution in [3.8, 4) is 17.0 Å². The summed E-state index contributed by atoms with van der Waals surface area (Å²) < 4.78 is 40.7. The number of nitrogens with one attached hydrogen (secondary N) is 1. The summed E-state index contributed by atoms with van der Waals surface area (Å²) in [5.74, 6) is -1.06. The molecule has 3 heterocycles. The average Bonchev–Trinajstić information content (AvgIpc) is 3.38. The number of oxazole rings is 1. The van der Waals surface area contributed by atoms with Crippen molar-refractivity contribution >= 4 is 21.7 Å². The molecule has 1 aliphatic heterocycles. The molecule has 2 amide bonds. The van der Waals surface area contributed by atoms with Crippen molar-refractivity contribution in [3.05, 3.63) is 60.9 Å². The van der Waals surface area contributed by atoms with Gasteiger partial charge in [0.15, 0.2) is 14.6 Å². The number of carbonyl (C=O) groups excluding carboxylic acids is 2. The van der Waals surface area contributed by atoms with Gasteiger partial charge < -0.3 is 24.9 Å². The second-order valence-corrected chi connectivity index (χ2v) is 10.1. The molecular weight excluding hydrogens is 476 g/mol. The van der Waals surface area contributed by atoms with Gasteiger partial charge in [0.25, 0.3) is 5.89 Å². The first kappa shape index (κ1) is 24.4. The fourth-order valence-corrected chi connectivity index (χ4v) is 5.65. The lowest BCUT2D eigenvalue weighted by Crippen LogP contribution is -2.53. The molecular formula is C23H24N4O7S. The minimum atomic E-state index is -4.01. The monoisotopic (exact) mass is 500 g/mol. The highest BCUT2D eigenvalue weighted by atomic mass is 32.2. The molecule has 1 aromatic carbocycles. The maximum Gasteiger partial charge on any atom is 0.307 e. The molecule has 12 heteroatoms. The Hall–Kier alpha value is -3.77. The van der Waals surface area contributed by atoms with E-state index in [0.29, 0.717) is 11.4 Å². The molecule has 184 valence electrons. The first-order valence-corrected chi connectivity index (χ1v) is 12.3. The van der Waals surface area contributed by atoms with Crippen molar-refractivity contribution in [2.24, 2.45) is 5.73 Å². The average molecular weight is 501 g/mol. The van der Waals surface area contributed by atoms with Crippen LogP contribution in [0.25, 0.3) is 11.3 Å². The number of aromatic nitrogens is 2. The molecule has 0 aliphatic carbocycles. The van der Waals surface area contributed by atoms with Gasteiger partial charge in [-0.3, -0.25) is 14.6 Å². The van der Waals surface area contributed by atoms with Gasteiger partial charge in [-0.05, 0) is 49.2 Å². The number of sulfone groups is 1. The number of amides is 2. The summed E-state index contributed by atoms with van der Waals surface area (Å²) in [6.45, 7) is 0.580. The number of nitrogens with two attached hydrogens (primary N) is 1. The summed E-state index contributed by atoms with van der Waals surface area (Å²) >= 11 is 0. The Bertz CT molecular complexity index is 1280. The summed E-state index contributed by atoms with van der Waals surface area (Å²) in [4.78, 5) is 32.4. The lowest BCUT2D eigenvalue weighted by Gasteiger charge is -2.33. The minimum absolute atomic E-state index is 0.0111. The molecule has 1 aliphatic rings. The number of carbonyl (C=O) groups is 2. The summed E-state index contributed by atoms with van der Waals surface area (Å²) in [5.41, 5.74) is 6.78. The number of primary amides is 1. The number of rotatable bonds is 9. The van der Waals surface area contributed by atoms with Crippen LogP contribution in [0.1, 0.15) is 23.5 Å². The van der Waals surface area contributed by atoms with Crippen LogP contribution >= 0.6 is 0 Å². The highest BCUT2D eigenvalue weighted by molar-refractivity contribution is 7.93. The quantitative estimate of drug-likeness (QED) is 0.413. The third-order valence-corrected chi connectivity index (χ3v) is 8.26. The molecule has 11 nitrogen and oxygen atoms in total. The molecule has 3 aromatic rings. The number of hydrogen-bond donors (Lipinski definition) is 2. The van der Waals surface area contributed by atoms with Gasteiger partial charge in [-0.15, -0.1) is 0 Å². The first-order chi connectivity index (χ1) is 16.8. The molecule has 2 aromatic heterocycles. The molecule has 0 radical (unpaired) electrons. The van der Waals surface area contributed by atoms with Crippen LogP contribution in [0.15, 0.2) is 64.4 Å². The van der Waals surface area contributed by atoms with Gasteiger partial charge in [0.05, 0.1) is 11.4 Å². The topological polar surface area (TPSA) is 164 Å². The van der Waals surface area contributed by atoms with E-state index in [1.54, 1.807) is 24.5 Å². The molecule has 4 rings (SSSR count). The Morgan fingerprint density at radius 3 is 2.43 bits per heavy atom.